The maximum absolute atomic E-state index is 12.9. The summed E-state index contributed by atoms with van der Waals surface area (Å²) in [4.78, 5) is 0. The Morgan fingerprint density at radius 3 is 2.47 bits per heavy atom. The lowest BCUT2D eigenvalue weighted by molar-refractivity contribution is 0.182. The van der Waals surface area contributed by atoms with Gasteiger partial charge in [-0.3, -0.25) is 0 Å². The molecular formula is C15H22FN. The molecule has 1 aromatic rings. The number of hydrogen-bond acceptors (Lipinski definition) is 1. The largest absolute Gasteiger partial charge is 0.311 e. The lowest BCUT2D eigenvalue weighted by atomic mass is 9.75. The van der Waals surface area contributed by atoms with Gasteiger partial charge in [-0.2, -0.15) is 0 Å². The highest BCUT2D eigenvalue weighted by Crippen LogP contribution is 2.30. The fourth-order valence-corrected chi connectivity index (χ4v) is 2.81. The minimum atomic E-state index is -0.149. The summed E-state index contributed by atoms with van der Waals surface area (Å²) >= 11 is 0. The summed E-state index contributed by atoms with van der Waals surface area (Å²) in [5.41, 5.74) is 1.44. The third-order valence-electron chi connectivity index (χ3n) is 4.06. The fourth-order valence-electron chi connectivity index (χ4n) is 2.81. The smallest absolute Gasteiger partial charge is 0.123 e. The first-order chi connectivity index (χ1) is 8.12. The molecule has 1 nitrogen and oxygen atoms in total. The highest BCUT2D eigenvalue weighted by atomic mass is 19.1. The van der Waals surface area contributed by atoms with Gasteiger partial charge >= 0.3 is 0 Å². The zero-order valence-electron chi connectivity index (χ0n) is 10.8. The molecule has 1 atom stereocenters. The monoisotopic (exact) mass is 235 g/mol. The molecule has 0 spiro atoms. The van der Waals surface area contributed by atoms with Crippen LogP contribution in [0.15, 0.2) is 24.3 Å². The molecule has 2 rings (SSSR count). The molecule has 0 saturated carbocycles. The van der Waals surface area contributed by atoms with Gasteiger partial charge in [0.15, 0.2) is 0 Å². The first-order valence-corrected chi connectivity index (χ1v) is 6.62. The Bertz CT molecular complexity index is 350. The maximum atomic E-state index is 12.9. The molecule has 2 heteroatoms. The molecule has 1 saturated heterocycles. The standard InChI is InChI=1S/C15H22FN/c1-12(2)15(9-3-4-10-17-15)11-13-5-7-14(16)8-6-13/h5-8,12,17H,3-4,9-11H2,1-2H3. The predicted octanol–water partition coefficient (Wildman–Crippen LogP) is 3.54. The van der Waals surface area contributed by atoms with Gasteiger partial charge in [0.2, 0.25) is 0 Å². The van der Waals surface area contributed by atoms with Crippen LogP contribution in [0.5, 0.6) is 0 Å². The number of nitrogens with one attached hydrogen (secondary N) is 1. The van der Waals surface area contributed by atoms with Crippen molar-refractivity contribution in [3.05, 3.63) is 35.6 Å². The van der Waals surface area contributed by atoms with E-state index in [-0.39, 0.29) is 11.4 Å². The first kappa shape index (κ1) is 12.6. The van der Waals surface area contributed by atoms with Gasteiger partial charge in [-0.1, -0.05) is 32.4 Å². The molecule has 0 radical (unpaired) electrons. The summed E-state index contributed by atoms with van der Waals surface area (Å²) < 4.78 is 12.9. The molecule has 94 valence electrons. The zero-order chi connectivity index (χ0) is 12.3. The number of halogens is 1. The van der Waals surface area contributed by atoms with Crippen molar-refractivity contribution < 1.29 is 4.39 Å². The summed E-state index contributed by atoms with van der Waals surface area (Å²) in [6.07, 6.45) is 4.80. The zero-order valence-corrected chi connectivity index (χ0v) is 10.8. The second-order valence-corrected chi connectivity index (χ2v) is 5.50. The lowest BCUT2D eigenvalue weighted by Crippen LogP contribution is -2.54. The number of benzene rings is 1. The van der Waals surface area contributed by atoms with Crippen molar-refractivity contribution in [3.63, 3.8) is 0 Å². The van der Waals surface area contributed by atoms with E-state index in [4.69, 9.17) is 0 Å². The average Bonchev–Trinajstić information content (AvgIpc) is 2.33. The van der Waals surface area contributed by atoms with Crippen molar-refractivity contribution in [2.75, 3.05) is 6.54 Å². The highest BCUT2D eigenvalue weighted by molar-refractivity contribution is 5.19. The van der Waals surface area contributed by atoms with Crippen molar-refractivity contribution in [2.24, 2.45) is 5.92 Å². The first-order valence-electron chi connectivity index (χ1n) is 6.62. The molecule has 1 unspecified atom stereocenters. The normalized spacial score (nSPS) is 25.2. The summed E-state index contributed by atoms with van der Waals surface area (Å²) in [5.74, 6) is 0.455. The van der Waals surface area contributed by atoms with Crippen LogP contribution in [0, 0.1) is 11.7 Å². The molecule has 0 bridgehead atoms. The molecule has 1 aromatic carbocycles. The Labute approximate surface area is 103 Å². The van der Waals surface area contributed by atoms with E-state index in [1.165, 1.54) is 24.8 Å². The molecule has 1 N–H and O–H groups in total. The molecule has 1 aliphatic heterocycles. The third kappa shape index (κ3) is 2.86. The SMILES string of the molecule is CC(C)C1(Cc2ccc(F)cc2)CCCCN1. The summed E-state index contributed by atoms with van der Waals surface area (Å²) in [6.45, 7) is 5.67. The van der Waals surface area contributed by atoms with Gasteiger partial charge in [0.1, 0.15) is 5.82 Å². The quantitative estimate of drug-likeness (QED) is 0.845. The van der Waals surface area contributed by atoms with Gasteiger partial charge in [0, 0.05) is 5.54 Å². The number of piperidine rings is 1. The molecule has 0 aromatic heterocycles. The Kier molecular flexibility index (Phi) is 3.82. The van der Waals surface area contributed by atoms with Gasteiger partial charge < -0.3 is 5.32 Å². The molecule has 1 aliphatic rings. The molecule has 17 heavy (non-hydrogen) atoms. The van der Waals surface area contributed by atoms with Gasteiger partial charge in [-0.05, 0) is 49.4 Å². The van der Waals surface area contributed by atoms with Crippen LogP contribution < -0.4 is 5.32 Å². The van der Waals surface area contributed by atoms with Gasteiger partial charge in [-0.15, -0.1) is 0 Å². The van der Waals surface area contributed by atoms with Crippen LogP contribution in [0.25, 0.3) is 0 Å². The predicted molar refractivity (Wildman–Crippen MR) is 69.5 cm³/mol. The molecule has 1 fully saturated rings. The van der Waals surface area contributed by atoms with E-state index in [0.717, 1.165) is 13.0 Å². The Balaban J connectivity index is 2.14. The molecule has 0 amide bonds. The Morgan fingerprint density at radius 1 is 1.24 bits per heavy atom. The van der Waals surface area contributed by atoms with Crippen molar-refractivity contribution in [1.82, 2.24) is 5.32 Å². The van der Waals surface area contributed by atoms with E-state index in [0.29, 0.717) is 5.92 Å². The van der Waals surface area contributed by atoms with Crippen molar-refractivity contribution >= 4 is 0 Å². The molecular weight excluding hydrogens is 213 g/mol. The van der Waals surface area contributed by atoms with E-state index in [1.54, 1.807) is 12.1 Å². The number of hydrogen-bond donors (Lipinski definition) is 1. The minimum Gasteiger partial charge on any atom is -0.311 e. The summed E-state index contributed by atoms with van der Waals surface area (Å²) in [6, 6.07) is 6.95. The van der Waals surface area contributed by atoms with Crippen LogP contribution in [-0.2, 0) is 6.42 Å². The molecule has 1 heterocycles. The van der Waals surface area contributed by atoms with Crippen LogP contribution in [0.2, 0.25) is 0 Å². The third-order valence-corrected chi connectivity index (χ3v) is 4.06. The van der Waals surface area contributed by atoms with E-state index in [9.17, 15) is 4.39 Å². The maximum Gasteiger partial charge on any atom is 0.123 e. The fraction of sp³-hybridized carbons (Fsp3) is 0.600. The van der Waals surface area contributed by atoms with Crippen molar-refractivity contribution in [1.29, 1.82) is 0 Å². The Hall–Kier alpha value is -0.890. The van der Waals surface area contributed by atoms with Gasteiger partial charge in [0.25, 0.3) is 0 Å². The van der Waals surface area contributed by atoms with Gasteiger partial charge in [0.05, 0.1) is 0 Å². The number of rotatable bonds is 3. The van der Waals surface area contributed by atoms with E-state index in [1.807, 2.05) is 12.1 Å². The van der Waals surface area contributed by atoms with Crippen LogP contribution in [-0.4, -0.2) is 12.1 Å². The second kappa shape index (κ2) is 5.18. The Morgan fingerprint density at radius 2 is 1.94 bits per heavy atom. The minimum absolute atomic E-state index is 0.149. The van der Waals surface area contributed by atoms with Crippen LogP contribution >= 0.6 is 0 Å². The van der Waals surface area contributed by atoms with Crippen molar-refractivity contribution in [3.8, 4) is 0 Å². The van der Waals surface area contributed by atoms with E-state index >= 15 is 0 Å². The van der Waals surface area contributed by atoms with Gasteiger partial charge in [-0.25, -0.2) is 4.39 Å². The average molecular weight is 235 g/mol. The summed E-state index contributed by atoms with van der Waals surface area (Å²) in [5, 5.41) is 3.70. The van der Waals surface area contributed by atoms with Crippen LogP contribution in [0.1, 0.15) is 38.7 Å². The molecule has 0 aliphatic carbocycles. The lowest BCUT2D eigenvalue weighted by Gasteiger charge is -2.42. The van der Waals surface area contributed by atoms with Crippen LogP contribution in [0.3, 0.4) is 0 Å². The summed E-state index contributed by atoms with van der Waals surface area (Å²) in [7, 11) is 0. The van der Waals surface area contributed by atoms with Crippen LogP contribution in [0.4, 0.5) is 4.39 Å². The topological polar surface area (TPSA) is 12.0 Å². The van der Waals surface area contributed by atoms with Crippen molar-refractivity contribution in [2.45, 2.75) is 45.1 Å². The second-order valence-electron chi connectivity index (χ2n) is 5.50. The highest BCUT2D eigenvalue weighted by Gasteiger charge is 2.34. The van der Waals surface area contributed by atoms with E-state index < -0.39 is 0 Å². The van der Waals surface area contributed by atoms with E-state index in [2.05, 4.69) is 19.2 Å².